The largest absolute Gasteiger partial charge is 0.477 e. The number of aromatic amines is 1. The monoisotopic (exact) mass is 267 g/mol. The number of carboxylic acids is 1. The van der Waals surface area contributed by atoms with E-state index in [1.54, 1.807) is 0 Å². The number of likely N-dealkylation sites (tertiary alicyclic amines) is 1. The van der Waals surface area contributed by atoms with Crippen molar-refractivity contribution in [3.8, 4) is 0 Å². The Kier molecular flexibility index (Phi) is 4.16. The van der Waals surface area contributed by atoms with Gasteiger partial charge in [0.15, 0.2) is 11.4 Å². The van der Waals surface area contributed by atoms with Crippen LogP contribution < -0.4 is 0 Å². The average Bonchev–Trinajstić information content (AvgIpc) is 2.76. The molecule has 1 atom stereocenters. The van der Waals surface area contributed by atoms with Crippen LogP contribution in [0, 0.1) is 0 Å². The van der Waals surface area contributed by atoms with E-state index in [1.807, 2.05) is 0 Å². The molecule has 0 aromatic carbocycles. The number of hydrogen-bond acceptors (Lipinski definition) is 4. The van der Waals surface area contributed by atoms with Crippen LogP contribution in [0.1, 0.15) is 46.7 Å². The molecular weight excluding hydrogens is 250 g/mol. The Bertz CT molecular complexity index is 471. The maximum absolute atomic E-state index is 12.4. The van der Waals surface area contributed by atoms with Crippen molar-refractivity contribution in [3.63, 3.8) is 0 Å². The molecule has 0 bridgehead atoms. The Hall–Kier alpha value is -1.89. The van der Waals surface area contributed by atoms with Crippen molar-refractivity contribution in [3.05, 3.63) is 17.7 Å². The summed E-state index contributed by atoms with van der Waals surface area (Å²) in [7, 11) is 0. The lowest BCUT2D eigenvalue weighted by Crippen LogP contribution is -2.42. The molecule has 0 aliphatic carbocycles. The van der Waals surface area contributed by atoms with E-state index < -0.39 is 11.9 Å². The van der Waals surface area contributed by atoms with Gasteiger partial charge >= 0.3 is 5.97 Å². The van der Waals surface area contributed by atoms with Gasteiger partial charge in [0.1, 0.15) is 0 Å². The van der Waals surface area contributed by atoms with E-state index in [1.165, 1.54) is 11.2 Å². The number of carbonyl (C=O) groups excluding carboxylic acids is 1. The topological polar surface area (TPSA) is 107 Å². The minimum Gasteiger partial charge on any atom is -0.477 e. The molecule has 1 aromatic heterocycles. The van der Waals surface area contributed by atoms with E-state index in [2.05, 4.69) is 9.97 Å². The molecule has 1 aliphatic heterocycles. The van der Waals surface area contributed by atoms with Gasteiger partial charge in [-0.25, -0.2) is 9.78 Å². The Balaban J connectivity index is 2.25. The minimum absolute atomic E-state index is 0.0900. The molecule has 1 unspecified atom stereocenters. The number of nitrogens with zero attached hydrogens (tertiary/aromatic N) is 2. The lowest BCUT2D eigenvalue weighted by atomic mass is 10.1. The molecule has 3 N–H and O–H groups in total. The third-order valence-corrected chi connectivity index (χ3v) is 3.40. The van der Waals surface area contributed by atoms with Crippen molar-refractivity contribution in [1.82, 2.24) is 14.9 Å². The molecule has 0 spiro atoms. The quantitative estimate of drug-likeness (QED) is 0.738. The molecule has 2 rings (SSSR count). The molecule has 2 heterocycles. The highest BCUT2D eigenvalue weighted by Gasteiger charge is 2.30. The van der Waals surface area contributed by atoms with Crippen LogP contribution in [0.25, 0.3) is 0 Å². The second kappa shape index (κ2) is 5.83. The maximum atomic E-state index is 12.4. The standard InChI is InChI=1S/C12H17N3O4/c16-6-8-4-2-1-3-5-15(8)11(17)9-10(12(18)19)14-7-13-9/h7-8,16H,1-6H2,(H,13,14)(H,18,19). The normalized spacial score (nSPS) is 20.1. The van der Waals surface area contributed by atoms with Gasteiger partial charge in [0, 0.05) is 6.54 Å². The van der Waals surface area contributed by atoms with Crippen molar-refractivity contribution >= 4 is 11.9 Å². The summed E-state index contributed by atoms with van der Waals surface area (Å²) in [6.45, 7) is 0.411. The van der Waals surface area contributed by atoms with Gasteiger partial charge in [-0.15, -0.1) is 0 Å². The molecule has 1 aliphatic rings. The van der Waals surface area contributed by atoms with Crippen molar-refractivity contribution in [2.24, 2.45) is 0 Å². The molecule has 7 heteroatoms. The van der Waals surface area contributed by atoms with Crippen LogP contribution >= 0.6 is 0 Å². The number of imidazole rings is 1. The molecule has 1 amide bonds. The lowest BCUT2D eigenvalue weighted by molar-refractivity contribution is 0.0579. The number of amides is 1. The highest BCUT2D eigenvalue weighted by Crippen LogP contribution is 2.19. The molecular formula is C12H17N3O4. The van der Waals surface area contributed by atoms with Crippen LogP contribution in [0.15, 0.2) is 6.33 Å². The lowest BCUT2D eigenvalue weighted by Gasteiger charge is -2.28. The van der Waals surface area contributed by atoms with Crippen molar-refractivity contribution < 1.29 is 19.8 Å². The van der Waals surface area contributed by atoms with E-state index in [-0.39, 0.29) is 24.0 Å². The van der Waals surface area contributed by atoms with Gasteiger partial charge in [0.05, 0.1) is 19.0 Å². The van der Waals surface area contributed by atoms with E-state index in [4.69, 9.17) is 5.11 Å². The highest BCUT2D eigenvalue weighted by atomic mass is 16.4. The van der Waals surface area contributed by atoms with Crippen molar-refractivity contribution in [1.29, 1.82) is 0 Å². The number of carboxylic acid groups (broad SMARTS) is 1. The summed E-state index contributed by atoms with van der Waals surface area (Å²) in [5, 5.41) is 18.4. The Morgan fingerprint density at radius 1 is 1.42 bits per heavy atom. The van der Waals surface area contributed by atoms with Crippen LogP contribution in [0.5, 0.6) is 0 Å². The summed E-state index contributed by atoms with van der Waals surface area (Å²) in [4.78, 5) is 31.2. The van der Waals surface area contributed by atoms with Crippen LogP contribution in [0.2, 0.25) is 0 Å². The minimum atomic E-state index is -1.21. The number of rotatable bonds is 3. The number of H-pyrrole nitrogens is 1. The van der Waals surface area contributed by atoms with E-state index in [0.29, 0.717) is 6.54 Å². The molecule has 0 saturated carbocycles. The molecule has 7 nitrogen and oxygen atoms in total. The van der Waals surface area contributed by atoms with Gasteiger partial charge in [-0.3, -0.25) is 4.79 Å². The fourth-order valence-corrected chi connectivity index (χ4v) is 2.39. The Morgan fingerprint density at radius 2 is 2.21 bits per heavy atom. The first-order chi connectivity index (χ1) is 9.15. The zero-order chi connectivity index (χ0) is 13.8. The van der Waals surface area contributed by atoms with E-state index >= 15 is 0 Å². The fraction of sp³-hybridized carbons (Fsp3) is 0.583. The summed E-state index contributed by atoms with van der Waals surface area (Å²) in [5.41, 5.74) is -0.293. The maximum Gasteiger partial charge on any atom is 0.354 e. The number of carbonyl (C=O) groups is 2. The van der Waals surface area contributed by atoms with Gasteiger partial charge in [-0.1, -0.05) is 12.8 Å². The first-order valence-corrected chi connectivity index (χ1v) is 6.33. The van der Waals surface area contributed by atoms with Gasteiger partial charge in [0.25, 0.3) is 5.91 Å². The van der Waals surface area contributed by atoms with E-state index in [0.717, 1.165) is 25.7 Å². The molecule has 1 fully saturated rings. The summed E-state index contributed by atoms with van der Waals surface area (Å²) >= 11 is 0. The summed E-state index contributed by atoms with van der Waals surface area (Å²) in [6.07, 6.45) is 4.75. The number of aliphatic hydroxyl groups is 1. The first kappa shape index (κ1) is 13.5. The second-order valence-electron chi connectivity index (χ2n) is 4.62. The first-order valence-electron chi connectivity index (χ1n) is 6.33. The third-order valence-electron chi connectivity index (χ3n) is 3.40. The fourth-order valence-electron chi connectivity index (χ4n) is 2.39. The number of aliphatic hydroxyl groups excluding tert-OH is 1. The number of aromatic nitrogens is 2. The number of nitrogens with one attached hydrogen (secondary N) is 1. The summed E-state index contributed by atoms with van der Waals surface area (Å²) in [6, 6.07) is -0.256. The third kappa shape index (κ3) is 2.76. The summed E-state index contributed by atoms with van der Waals surface area (Å²) < 4.78 is 0. The predicted molar refractivity (Wildman–Crippen MR) is 65.9 cm³/mol. The van der Waals surface area contributed by atoms with Gasteiger partial charge in [0.2, 0.25) is 0 Å². The summed E-state index contributed by atoms with van der Waals surface area (Å²) in [5.74, 6) is -1.64. The molecule has 1 saturated heterocycles. The van der Waals surface area contributed by atoms with Crippen molar-refractivity contribution in [2.45, 2.75) is 31.7 Å². The van der Waals surface area contributed by atoms with Crippen LogP contribution in [0.4, 0.5) is 0 Å². The van der Waals surface area contributed by atoms with Crippen LogP contribution in [-0.2, 0) is 0 Å². The molecule has 19 heavy (non-hydrogen) atoms. The highest BCUT2D eigenvalue weighted by molar-refractivity contribution is 6.02. The number of aromatic carboxylic acids is 1. The van der Waals surface area contributed by atoms with Gasteiger partial charge in [-0.2, -0.15) is 0 Å². The van der Waals surface area contributed by atoms with E-state index in [9.17, 15) is 14.7 Å². The van der Waals surface area contributed by atoms with Gasteiger partial charge < -0.3 is 20.1 Å². The van der Waals surface area contributed by atoms with Gasteiger partial charge in [-0.05, 0) is 12.8 Å². The Morgan fingerprint density at radius 3 is 2.89 bits per heavy atom. The smallest absolute Gasteiger partial charge is 0.354 e. The SMILES string of the molecule is O=C(O)c1[nH]cnc1C(=O)N1CCCCCC1CO. The molecule has 1 aromatic rings. The zero-order valence-electron chi connectivity index (χ0n) is 10.5. The molecule has 104 valence electrons. The van der Waals surface area contributed by atoms with Crippen LogP contribution in [0.3, 0.4) is 0 Å². The predicted octanol–water partition coefficient (Wildman–Crippen LogP) is 0.485. The van der Waals surface area contributed by atoms with Crippen molar-refractivity contribution in [2.75, 3.05) is 13.2 Å². The second-order valence-corrected chi connectivity index (χ2v) is 4.62. The van der Waals surface area contributed by atoms with Crippen LogP contribution in [-0.4, -0.2) is 56.2 Å². The average molecular weight is 267 g/mol. The number of hydrogen-bond donors (Lipinski definition) is 3. The molecule has 0 radical (unpaired) electrons. The zero-order valence-corrected chi connectivity index (χ0v) is 10.5. The Labute approximate surface area is 110 Å².